The zero-order valence-corrected chi connectivity index (χ0v) is 11.7. The van der Waals surface area contributed by atoms with Gasteiger partial charge < -0.3 is 9.84 Å². The van der Waals surface area contributed by atoms with Crippen LogP contribution in [0.2, 0.25) is 0 Å². The Hall–Kier alpha value is -0.0800. The van der Waals surface area contributed by atoms with Gasteiger partial charge >= 0.3 is 0 Å². The number of aliphatic hydroxyl groups excluding tert-OH is 1. The minimum atomic E-state index is -0.0391. The summed E-state index contributed by atoms with van der Waals surface area (Å²) in [6.45, 7) is 3.28. The Morgan fingerprint density at radius 1 is 1.11 bits per heavy atom. The van der Waals surface area contributed by atoms with Gasteiger partial charge in [-0.3, -0.25) is 0 Å². The summed E-state index contributed by atoms with van der Waals surface area (Å²) in [4.78, 5) is 0. The zero-order valence-electron chi connectivity index (χ0n) is 11.7. The average molecular weight is 252 g/mol. The lowest BCUT2D eigenvalue weighted by molar-refractivity contribution is -0.117. The van der Waals surface area contributed by atoms with Crippen LogP contribution >= 0.6 is 0 Å². The number of aliphatic hydroxyl groups is 1. The predicted octanol–water partition coefficient (Wildman–Crippen LogP) is 3.52. The summed E-state index contributed by atoms with van der Waals surface area (Å²) in [5.74, 6) is 2.07. The zero-order chi connectivity index (χ0) is 12.6. The van der Waals surface area contributed by atoms with E-state index in [0.29, 0.717) is 5.92 Å². The third kappa shape index (κ3) is 2.46. The van der Waals surface area contributed by atoms with Gasteiger partial charge in [0.15, 0.2) is 0 Å². The first-order valence-electron chi connectivity index (χ1n) is 8.01. The molecule has 18 heavy (non-hydrogen) atoms. The van der Waals surface area contributed by atoms with Crippen LogP contribution in [0, 0.1) is 17.8 Å². The smallest absolute Gasteiger partial charge is 0.0685 e. The van der Waals surface area contributed by atoms with Crippen LogP contribution in [0.4, 0.5) is 0 Å². The van der Waals surface area contributed by atoms with E-state index in [1.165, 1.54) is 51.4 Å². The van der Waals surface area contributed by atoms with Crippen LogP contribution in [0.3, 0.4) is 0 Å². The van der Waals surface area contributed by atoms with Crippen LogP contribution in [0.15, 0.2) is 0 Å². The molecule has 1 saturated heterocycles. The van der Waals surface area contributed by atoms with Gasteiger partial charge in [-0.1, -0.05) is 19.8 Å². The lowest BCUT2D eigenvalue weighted by atomic mass is 9.68. The second kappa shape index (κ2) is 5.13. The molecule has 2 saturated carbocycles. The number of hydrogen-bond donors (Lipinski definition) is 1. The Labute approximate surface area is 111 Å². The summed E-state index contributed by atoms with van der Waals surface area (Å²) in [7, 11) is 0. The number of hydrogen-bond acceptors (Lipinski definition) is 2. The Morgan fingerprint density at radius 3 is 2.67 bits per heavy atom. The third-order valence-corrected chi connectivity index (χ3v) is 5.78. The molecule has 1 N–H and O–H groups in total. The predicted molar refractivity (Wildman–Crippen MR) is 72.4 cm³/mol. The van der Waals surface area contributed by atoms with Crippen molar-refractivity contribution < 1.29 is 9.84 Å². The molecular weight excluding hydrogens is 224 g/mol. The van der Waals surface area contributed by atoms with Crippen LogP contribution in [0.25, 0.3) is 0 Å². The van der Waals surface area contributed by atoms with Crippen molar-refractivity contribution in [3.63, 3.8) is 0 Å². The van der Waals surface area contributed by atoms with Gasteiger partial charge in [0.25, 0.3) is 0 Å². The van der Waals surface area contributed by atoms with Crippen LogP contribution in [-0.4, -0.2) is 23.4 Å². The molecule has 0 amide bonds. The van der Waals surface area contributed by atoms with Gasteiger partial charge in [-0.05, 0) is 62.7 Å². The molecule has 4 atom stereocenters. The highest BCUT2D eigenvalue weighted by Crippen LogP contribution is 2.47. The maximum absolute atomic E-state index is 10.3. The molecule has 0 bridgehead atoms. The van der Waals surface area contributed by atoms with Crippen molar-refractivity contribution in [1.82, 2.24) is 0 Å². The third-order valence-electron chi connectivity index (χ3n) is 5.78. The van der Waals surface area contributed by atoms with E-state index in [0.717, 1.165) is 24.9 Å². The van der Waals surface area contributed by atoms with Gasteiger partial charge in [0, 0.05) is 6.61 Å². The topological polar surface area (TPSA) is 29.5 Å². The summed E-state index contributed by atoms with van der Waals surface area (Å²) < 4.78 is 6.13. The van der Waals surface area contributed by atoms with Crippen molar-refractivity contribution in [1.29, 1.82) is 0 Å². The van der Waals surface area contributed by atoms with Crippen LogP contribution in [0.1, 0.15) is 64.7 Å². The molecule has 2 heteroatoms. The average Bonchev–Trinajstić information content (AvgIpc) is 2.80. The molecule has 4 unspecified atom stereocenters. The van der Waals surface area contributed by atoms with Crippen LogP contribution in [-0.2, 0) is 4.74 Å². The monoisotopic (exact) mass is 252 g/mol. The highest BCUT2D eigenvalue weighted by atomic mass is 16.5. The van der Waals surface area contributed by atoms with Gasteiger partial charge in [-0.2, -0.15) is 0 Å². The standard InChI is InChI=1S/C16H28O2/c1-12-4-5-15(17)14(10-12)13-6-9-18-16(11-13)7-2-3-8-16/h12-15,17H,2-11H2,1H3. The Balaban J connectivity index is 1.67. The van der Waals surface area contributed by atoms with Crippen molar-refractivity contribution in [2.75, 3.05) is 6.61 Å². The van der Waals surface area contributed by atoms with E-state index in [1.807, 2.05) is 0 Å². The fourth-order valence-electron chi connectivity index (χ4n) is 4.71. The van der Waals surface area contributed by atoms with E-state index in [2.05, 4.69) is 6.92 Å². The second-order valence-electron chi connectivity index (χ2n) is 7.14. The maximum Gasteiger partial charge on any atom is 0.0685 e. The minimum absolute atomic E-state index is 0.0391. The van der Waals surface area contributed by atoms with Crippen LogP contribution < -0.4 is 0 Å². The summed E-state index contributed by atoms with van der Waals surface area (Å²) in [6.07, 6.45) is 11.1. The van der Waals surface area contributed by atoms with Crippen molar-refractivity contribution >= 4 is 0 Å². The van der Waals surface area contributed by atoms with Crippen LogP contribution in [0.5, 0.6) is 0 Å². The SMILES string of the molecule is CC1CCC(O)C(C2CCOC3(CCCC3)C2)C1. The van der Waals surface area contributed by atoms with Gasteiger partial charge in [-0.25, -0.2) is 0 Å². The van der Waals surface area contributed by atoms with Gasteiger partial charge in [0.05, 0.1) is 11.7 Å². The van der Waals surface area contributed by atoms with Gasteiger partial charge in [-0.15, -0.1) is 0 Å². The molecule has 1 spiro atoms. The Kier molecular flexibility index (Phi) is 3.68. The van der Waals surface area contributed by atoms with Gasteiger partial charge in [0.2, 0.25) is 0 Å². The quantitative estimate of drug-likeness (QED) is 0.773. The van der Waals surface area contributed by atoms with E-state index < -0.39 is 0 Å². The lowest BCUT2D eigenvalue weighted by Crippen LogP contribution is -2.43. The first-order chi connectivity index (χ1) is 8.69. The van der Waals surface area contributed by atoms with Crippen molar-refractivity contribution in [3.8, 4) is 0 Å². The fourth-order valence-corrected chi connectivity index (χ4v) is 4.71. The van der Waals surface area contributed by atoms with E-state index in [1.54, 1.807) is 0 Å². The van der Waals surface area contributed by atoms with Crippen molar-refractivity contribution in [3.05, 3.63) is 0 Å². The largest absolute Gasteiger partial charge is 0.393 e. The molecule has 2 aliphatic carbocycles. The molecule has 3 rings (SSSR count). The van der Waals surface area contributed by atoms with Crippen molar-refractivity contribution in [2.45, 2.75) is 76.4 Å². The molecule has 1 heterocycles. The molecular formula is C16H28O2. The summed E-state index contributed by atoms with van der Waals surface area (Å²) in [5.41, 5.74) is 0.212. The molecule has 2 nitrogen and oxygen atoms in total. The normalized spacial score (nSPS) is 44.3. The Bertz CT molecular complexity index is 283. The first-order valence-corrected chi connectivity index (χ1v) is 8.01. The maximum atomic E-state index is 10.3. The highest BCUT2D eigenvalue weighted by Gasteiger charge is 2.44. The summed E-state index contributed by atoms with van der Waals surface area (Å²) >= 11 is 0. The van der Waals surface area contributed by atoms with E-state index in [4.69, 9.17) is 4.74 Å². The molecule has 0 aromatic heterocycles. The minimum Gasteiger partial charge on any atom is -0.393 e. The molecule has 3 aliphatic rings. The molecule has 0 aromatic carbocycles. The molecule has 3 fully saturated rings. The summed E-state index contributed by atoms with van der Waals surface area (Å²) in [5, 5.41) is 10.3. The van der Waals surface area contributed by atoms with E-state index in [-0.39, 0.29) is 11.7 Å². The summed E-state index contributed by atoms with van der Waals surface area (Å²) in [6, 6.07) is 0. The molecule has 0 aromatic rings. The van der Waals surface area contributed by atoms with E-state index in [9.17, 15) is 5.11 Å². The Morgan fingerprint density at radius 2 is 1.89 bits per heavy atom. The fraction of sp³-hybridized carbons (Fsp3) is 1.00. The lowest BCUT2D eigenvalue weighted by Gasteiger charge is -2.44. The number of ether oxygens (including phenoxy) is 1. The number of rotatable bonds is 1. The first kappa shape index (κ1) is 12.9. The molecule has 104 valence electrons. The van der Waals surface area contributed by atoms with Crippen molar-refractivity contribution in [2.24, 2.45) is 17.8 Å². The second-order valence-corrected chi connectivity index (χ2v) is 7.14. The molecule has 0 radical (unpaired) electrons. The van der Waals surface area contributed by atoms with E-state index >= 15 is 0 Å². The highest BCUT2D eigenvalue weighted by molar-refractivity contribution is 4.95. The van der Waals surface area contributed by atoms with Gasteiger partial charge in [0.1, 0.15) is 0 Å². The molecule has 1 aliphatic heterocycles.